The lowest BCUT2D eigenvalue weighted by Gasteiger charge is -2.06. The number of amides is 2. The zero-order chi connectivity index (χ0) is 20.0. The van der Waals surface area contributed by atoms with Crippen molar-refractivity contribution in [3.8, 4) is 0 Å². The van der Waals surface area contributed by atoms with Crippen LogP contribution in [-0.4, -0.2) is 47.1 Å². The summed E-state index contributed by atoms with van der Waals surface area (Å²) >= 11 is 0. The lowest BCUT2D eigenvalue weighted by molar-refractivity contribution is 0.0475. The molecule has 2 aromatic carbocycles. The quantitative estimate of drug-likeness (QED) is 0.429. The number of hydrogen-bond acceptors (Lipinski definition) is 5. The molecule has 0 fully saturated rings. The number of aryl methyl sites for hydroxylation is 1. The number of carbonyl (C=O) groups is 4. The first-order valence-corrected chi connectivity index (χ1v) is 8.62. The Labute approximate surface area is 159 Å². The van der Waals surface area contributed by atoms with E-state index in [-0.39, 0.29) is 22.5 Å². The van der Waals surface area contributed by atoms with E-state index in [1.165, 1.54) is 25.2 Å². The van der Waals surface area contributed by atoms with Crippen LogP contribution in [0.1, 0.15) is 47.1 Å². The third-order valence-corrected chi connectivity index (χ3v) is 4.83. The first-order chi connectivity index (χ1) is 13.4. The van der Waals surface area contributed by atoms with Gasteiger partial charge in [-0.05, 0) is 31.2 Å². The molecule has 28 heavy (non-hydrogen) atoms. The Hall–Kier alpha value is -3.74. The van der Waals surface area contributed by atoms with E-state index in [2.05, 4.69) is 4.98 Å². The van der Waals surface area contributed by atoms with Crippen LogP contribution in [-0.2, 0) is 4.74 Å². The number of H-pyrrole nitrogens is 1. The van der Waals surface area contributed by atoms with Crippen LogP contribution in [0.5, 0.6) is 0 Å². The lowest BCUT2D eigenvalue weighted by Crippen LogP contribution is -2.24. The zero-order valence-electron chi connectivity index (χ0n) is 15.2. The van der Waals surface area contributed by atoms with Gasteiger partial charge in [0.2, 0.25) is 5.78 Å². The van der Waals surface area contributed by atoms with E-state index >= 15 is 0 Å². The van der Waals surface area contributed by atoms with Crippen LogP contribution in [0.3, 0.4) is 0 Å². The smallest absolute Gasteiger partial charge is 0.338 e. The SMILES string of the molecule is Cc1[nH]c2ccccc2c1C(=O)COC(=O)c1ccc2c(c1)C(=O)N(C)C2=O. The Balaban J connectivity index is 1.52. The van der Waals surface area contributed by atoms with Crippen LogP contribution < -0.4 is 0 Å². The van der Waals surface area contributed by atoms with Gasteiger partial charge in [0.05, 0.1) is 16.7 Å². The second kappa shape index (κ2) is 6.45. The minimum absolute atomic E-state index is 0.110. The Morgan fingerprint density at radius 1 is 1.04 bits per heavy atom. The highest BCUT2D eigenvalue weighted by Gasteiger charge is 2.33. The van der Waals surface area contributed by atoms with E-state index in [1.807, 2.05) is 24.3 Å². The van der Waals surface area contributed by atoms with Crippen LogP contribution in [0.15, 0.2) is 42.5 Å². The van der Waals surface area contributed by atoms with Crippen LogP contribution >= 0.6 is 0 Å². The van der Waals surface area contributed by atoms with E-state index in [4.69, 9.17) is 4.74 Å². The van der Waals surface area contributed by atoms with E-state index in [0.717, 1.165) is 15.8 Å². The van der Waals surface area contributed by atoms with Gasteiger partial charge in [0.25, 0.3) is 11.8 Å². The number of aromatic amines is 1. The molecule has 0 spiro atoms. The van der Waals surface area contributed by atoms with Gasteiger partial charge < -0.3 is 9.72 Å². The molecular formula is C21H16N2O5. The second-order valence-electron chi connectivity index (χ2n) is 6.60. The number of para-hydroxylation sites is 1. The summed E-state index contributed by atoms with van der Waals surface area (Å²) in [5.74, 6) is -1.94. The predicted molar refractivity (Wildman–Crippen MR) is 101 cm³/mol. The van der Waals surface area contributed by atoms with Crippen molar-refractivity contribution in [2.75, 3.05) is 13.7 Å². The number of ether oxygens (including phenoxy) is 1. The van der Waals surface area contributed by atoms with Crippen molar-refractivity contribution >= 4 is 34.5 Å². The van der Waals surface area contributed by atoms with Crippen molar-refractivity contribution in [3.05, 3.63) is 70.4 Å². The Morgan fingerprint density at radius 3 is 2.54 bits per heavy atom. The molecule has 1 N–H and O–H groups in total. The minimum Gasteiger partial charge on any atom is -0.454 e. The van der Waals surface area contributed by atoms with Gasteiger partial charge in [0, 0.05) is 29.2 Å². The molecular weight excluding hydrogens is 360 g/mol. The summed E-state index contributed by atoms with van der Waals surface area (Å²) in [6, 6.07) is 11.5. The summed E-state index contributed by atoms with van der Waals surface area (Å²) < 4.78 is 5.15. The number of benzene rings is 2. The molecule has 7 nitrogen and oxygen atoms in total. The molecule has 0 radical (unpaired) electrons. The Bertz CT molecular complexity index is 1170. The van der Waals surface area contributed by atoms with Crippen molar-refractivity contribution in [1.82, 2.24) is 9.88 Å². The third-order valence-electron chi connectivity index (χ3n) is 4.83. The molecule has 0 saturated heterocycles. The van der Waals surface area contributed by atoms with Crippen molar-refractivity contribution in [3.63, 3.8) is 0 Å². The number of Topliss-reactive ketones (excluding diaryl/α,β-unsaturated/α-hetero) is 1. The molecule has 7 heteroatoms. The third kappa shape index (κ3) is 2.68. The maximum absolute atomic E-state index is 12.6. The topological polar surface area (TPSA) is 96.5 Å². The summed E-state index contributed by atoms with van der Waals surface area (Å²) in [5, 5.41) is 0.769. The molecule has 0 atom stereocenters. The van der Waals surface area contributed by atoms with E-state index in [1.54, 1.807) is 6.92 Å². The number of ketones is 1. The molecule has 1 aliphatic rings. The molecule has 3 aromatic rings. The van der Waals surface area contributed by atoms with Crippen LogP contribution in [0, 0.1) is 6.92 Å². The number of aromatic nitrogens is 1. The number of hydrogen-bond donors (Lipinski definition) is 1. The number of rotatable bonds is 4. The van der Waals surface area contributed by atoms with E-state index < -0.39 is 24.4 Å². The lowest BCUT2D eigenvalue weighted by atomic mass is 10.1. The van der Waals surface area contributed by atoms with Gasteiger partial charge in [-0.1, -0.05) is 18.2 Å². The highest BCUT2D eigenvalue weighted by Crippen LogP contribution is 2.24. The monoisotopic (exact) mass is 376 g/mol. The van der Waals surface area contributed by atoms with Gasteiger partial charge in [0.15, 0.2) is 6.61 Å². The largest absolute Gasteiger partial charge is 0.454 e. The molecule has 2 amide bonds. The summed E-state index contributed by atoms with van der Waals surface area (Å²) in [7, 11) is 1.38. The van der Waals surface area contributed by atoms with Crippen LogP contribution in [0.25, 0.3) is 10.9 Å². The van der Waals surface area contributed by atoms with Crippen LogP contribution in [0.4, 0.5) is 0 Å². The highest BCUT2D eigenvalue weighted by molar-refractivity contribution is 6.21. The predicted octanol–water partition coefficient (Wildman–Crippen LogP) is 2.74. The maximum atomic E-state index is 12.6. The average molecular weight is 376 g/mol. The van der Waals surface area contributed by atoms with Crippen molar-refractivity contribution in [2.45, 2.75) is 6.92 Å². The van der Waals surface area contributed by atoms with Crippen molar-refractivity contribution in [1.29, 1.82) is 0 Å². The van der Waals surface area contributed by atoms with Gasteiger partial charge in [-0.15, -0.1) is 0 Å². The fraction of sp³-hybridized carbons (Fsp3) is 0.143. The minimum atomic E-state index is -0.733. The number of nitrogens with zero attached hydrogens (tertiary/aromatic N) is 1. The molecule has 140 valence electrons. The first-order valence-electron chi connectivity index (χ1n) is 8.62. The molecule has 4 rings (SSSR count). The van der Waals surface area contributed by atoms with Gasteiger partial charge in [-0.2, -0.15) is 0 Å². The molecule has 0 aliphatic carbocycles. The number of imide groups is 1. The molecule has 1 aliphatic heterocycles. The molecule has 1 aromatic heterocycles. The summed E-state index contributed by atoms with van der Waals surface area (Å²) in [6.45, 7) is 1.36. The standard InChI is InChI=1S/C21H16N2O5/c1-11-18(14-5-3-4-6-16(14)22-11)17(24)10-28-21(27)12-7-8-13-15(9-12)20(26)23(2)19(13)25/h3-9,22H,10H2,1-2H3. The first kappa shape index (κ1) is 17.7. The van der Waals surface area contributed by atoms with Gasteiger partial charge in [0.1, 0.15) is 0 Å². The number of nitrogens with one attached hydrogen (secondary N) is 1. The summed E-state index contributed by atoms with van der Waals surface area (Å²) in [6.07, 6.45) is 0. The molecule has 2 heterocycles. The van der Waals surface area contributed by atoms with Gasteiger partial charge in [-0.25, -0.2) is 4.79 Å². The number of carbonyl (C=O) groups excluding carboxylic acids is 4. The van der Waals surface area contributed by atoms with Gasteiger partial charge in [-0.3, -0.25) is 19.3 Å². The van der Waals surface area contributed by atoms with E-state index in [0.29, 0.717) is 11.3 Å². The molecule has 0 unspecified atom stereocenters. The summed E-state index contributed by atoms with van der Waals surface area (Å²) in [5.41, 5.74) is 2.53. The average Bonchev–Trinajstić information content (AvgIpc) is 3.14. The Morgan fingerprint density at radius 2 is 1.75 bits per heavy atom. The van der Waals surface area contributed by atoms with Crippen molar-refractivity contribution in [2.24, 2.45) is 0 Å². The number of esters is 1. The maximum Gasteiger partial charge on any atom is 0.338 e. The van der Waals surface area contributed by atoms with E-state index in [9.17, 15) is 19.2 Å². The van der Waals surface area contributed by atoms with Crippen LogP contribution in [0.2, 0.25) is 0 Å². The normalized spacial score (nSPS) is 13.1. The fourth-order valence-electron chi connectivity index (χ4n) is 3.41. The highest BCUT2D eigenvalue weighted by atomic mass is 16.5. The molecule has 0 bridgehead atoms. The fourth-order valence-corrected chi connectivity index (χ4v) is 3.41. The Kier molecular flexibility index (Phi) is 4.07. The van der Waals surface area contributed by atoms with Crippen molar-refractivity contribution < 1.29 is 23.9 Å². The van der Waals surface area contributed by atoms with Gasteiger partial charge >= 0.3 is 5.97 Å². The summed E-state index contributed by atoms with van der Waals surface area (Å²) in [4.78, 5) is 53.0. The molecule has 0 saturated carbocycles. The second-order valence-corrected chi connectivity index (χ2v) is 6.60. The zero-order valence-corrected chi connectivity index (χ0v) is 15.2. The number of fused-ring (bicyclic) bond motifs is 2.